The van der Waals surface area contributed by atoms with Crippen LogP contribution < -0.4 is 15.4 Å². The van der Waals surface area contributed by atoms with E-state index in [1.807, 2.05) is 19.1 Å². The highest BCUT2D eigenvalue weighted by molar-refractivity contribution is 5.77. The Kier molecular flexibility index (Phi) is 6.61. The zero-order valence-corrected chi connectivity index (χ0v) is 12.3. The first-order valence-electron chi connectivity index (χ1n) is 6.68. The highest BCUT2D eigenvalue weighted by Crippen LogP contribution is 2.20. The smallest absolute Gasteiger partial charge is 0.258 e. The number of ether oxygens (including phenoxy) is 1. The molecular weight excluding hydrogens is 252 g/mol. The lowest BCUT2D eigenvalue weighted by molar-refractivity contribution is -0.122. The van der Waals surface area contributed by atoms with Gasteiger partial charge in [0.2, 0.25) is 0 Å². The Morgan fingerprint density at radius 3 is 2.85 bits per heavy atom. The topological polar surface area (TPSA) is 50.4 Å². The van der Waals surface area contributed by atoms with Crippen molar-refractivity contribution in [2.24, 2.45) is 0 Å². The van der Waals surface area contributed by atoms with Crippen LogP contribution in [0.2, 0.25) is 0 Å². The van der Waals surface area contributed by atoms with Crippen molar-refractivity contribution in [2.45, 2.75) is 33.4 Å². The second kappa shape index (κ2) is 8.23. The Labute approximate surface area is 120 Å². The maximum atomic E-state index is 11.5. The Bertz CT molecular complexity index is 490. The van der Waals surface area contributed by atoms with Crippen molar-refractivity contribution < 1.29 is 9.53 Å². The molecule has 0 aliphatic heterocycles. The molecule has 0 spiro atoms. The van der Waals surface area contributed by atoms with Gasteiger partial charge in [0.15, 0.2) is 6.61 Å². The minimum absolute atomic E-state index is 0.0284. The molecule has 0 aromatic heterocycles. The molecule has 1 rings (SSSR count). The summed E-state index contributed by atoms with van der Waals surface area (Å²) < 4.78 is 5.56. The largest absolute Gasteiger partial charge is 0.483 e. The number of hydrogen-bond donors (Lipinski definition) is 2. The third kappa shape index (κ3) is 5.77. The van der Waals surface area contributed by atoms with E-state index in [9.17, 15) is 4.79 Å². The van der Waals surface area contributed by atoms with E-state index in [1.165, 1.54) is 0 Å². The average Bonchev–Trinajstić information content (AvgIpc) is 2.41. The zero-order chi connectivity index (χ0) is 15.0. The van der Waals surface area contributed by atoms with Crippen LogP contribution in [0.15, 0.2) is 18.2 Å². The summed E-state index contributed by atoms with van der Waals surface area (Å²) in [5.74, 6) is 2.86. The molecule has 108 valence electrons. The van der Waals surface area contributed by atoms with Gasteiger partial charge in [-0.3, -0.25) is 4.79 Å². The number of carbonyl (C=O) groups is 1. The molecule has 0 aliphatic rings. The third-order valence-electron chi connectivity index (χ3n) is 2.66. The Morgan fingerprint density at radius 2 is 2.20 bits per heavy atom. The molecular formula is C16H22N2O2. The molecule has 0 fully saturated rings. The molecule has 1 amide bonds. The van der Waals surface area contributed by atoms with E-state index in [1.54, 1.807) is 0 Å². The lowest BCUT2D eigenvalue weighted by Crippen LogP contribution is -2.29. The summed E-state index contributed by atoms with van der Waals surface area (Å²) in [7, 11) is 0. The Morgan fingerprint density at radius 1 is 1.45 bits per heavy atom. The molecule has 1 aromatic rings. The van der Waals surface area contributed by atoms with Crippen molar-refractivity contribution in [1.82, 2.24) is 10.6 Å². The number of carbonyl (C=O) groups excluding carboxylic acids is 1. The van der Waals surface area contributed by atoms with Gasteiger partial charge in [-0.1, -0.05) is 37.5 Å². The van der Waals surface area contributed by atoms with Crippen molar-refractivity contribution in [2.75, 3.05) is 13.2 Å². The van der Waals surface area contributed by atoms with Crippen LogP contribution in [-0.4, -0.2) is 25.1 Å². The molecule has 0 saturated heterocycles. The molecule has 0 heterocycles. The van der Waals surface area contributed by atoms with E-state index >= 15 is 0 Å². The van der Waals surface area contributed by atoms with Crippen molar-refractivity contribution in [3.05, 3.63) is 29.3 Å². The normalized spacial score (nSPS) is 10.2. The molecule has 0 radical (unpaired) electrons. The summed E-state index contributed by atoms with van der Waals surface area (Å²) in [5, 5.41) is 5.91. The minimum atomic E-state index is -0.216. The predicted octanol–water partition coefficient (Wildman–Crippen LogP) is 1.62. The van der Waals surface area contributed by atoms with Gasteiger partial charge in [-0.2, -0.15) is 0 Å². The maximum Gasteiger partial charge on any atom is 0.258 e. The van der Waals surface area contributed by atoms with Crippen LogP contribution in [-0.2, 0) is 11.3 Å². The lowest BCUT2D eigenvalue weighted by Gasteiger charge is -2.14. The first-order chi connectivity index (χ1) is 9.52. The first kappa shape index (κ1) is 16.1. The van der Waals surface area contributed by atoms with Crippen molar-refractivity contribution >= 4 is 5.91 Å². The second-order valence-corrected chi connectivity index (χ2v) is 4.92. The predicted molar refractivity (Wildman–Crippen MR) is 80.5 cm³/mol. The molecule has 2 N–H and O–H groups in total. The van der Waals surface area contributed by atoms with E-state index in [0.29, 0.717) is 12.6 Å². The maximum absolute atomic E-state index is 11.5. The Hall–Kier alpha value is -1.99. The van der Waals surface area contributed by atoms with Gasteiger partial charge in [-0.15, -0.1) is 6.42 Å². The summed E-state index contributed by atoms with van der Waals surface area (Å²) >= 11 is 0. The number of rotatable bonds is 7. The number of benzene rings is 1. The van der Waals surface area contributed by atoms with E-state index in [4.69, 9.17) is 11.2 Å². The fourth-order valence-corrected chi connectivity index (χ4v) is 1.65. The van der Waals surface area contributed by atoms with Gasteiger partial charge < -0.3 is 15.4 Å². The molecule has 4 nitrogen and oxygen atoms in total. The fourth-order valence-electron chi connectivity index (χ4n) is 1.65. The number of amides is 1. The molecule has 20 heavy (non-hydrogen) atoms. The lowest BCUT2D eigenvalue weighted by atomic mass is 10.1. The number of nitrogens with one attached hydrogen (secondary N) is 2. The number of terminal acetylenes is 1. The van der Waals surface area contributed by atoms with Gasteiger partial charge in [-0.05, 0) is 13.0 Å². The molecule has 0 aliphatic carbocycles. The van der Waals surface area contributed by atoms with Crippen LogP contribution in [0.1, 0.15) is 25.0 Å². The summed E-state index contributed by atoms with van der Waals surface area (Å²) in [4.78, 5) is 11.5. The summed E-state index contributed by atoms with van der Waals surface area (Å²) in [5.41, 5.74) is 2.21. The van der Waals surface area contributed by atoms with E-state index in [0.717, 1.165) is 16.9 Å². The third-order valence-corrected chi connectivity index (χ3v) is 2.66. The van der Waals surface area contributed by atoms with E-state index in [-0.39, 0.29) is 19.1 Å². The fraction of sp³-hybridized carbons (Fsp3) is 0.438. The zero-order valence-electron chi connectivity index (χ0n) is 12.3. The molecule has 0 saturated carbocycles. The highest BCUT2D eigenvalue weighted by atomic mass is 16.5. The van der Waals surface area contributed by atoms with Gasteiger partial charge in [0.1, 0.15) is 5.75 Å². The van der Waals surface area contributed by atoms with E-state index in [2.05, 4.69) is 36.5 Å². The number of aryl methyl sites for hydroxylation is 1. The van der Waals surface area contributed by atoms with Crippen molar-refractivity contribution in [1.29, 1.82) is 0 Å². The van der Waals surface area contributed by atoms with Crippen molar-refractivity contribution in [3.8, 4) is 18.1 Å². The minimum Gasteiger partial charge on any atom is -0.483 e. The SMILES string of the molecule is C#CCNC(=O)COc1ccc(C)cc1CNC(C)C. The molecule has 0 atom stereocenters. The second-order valence-electron chi connectivity index (χ2n) is 4.92. The average molecular weight is 274 g/mol. The quantitative estimate of drug-likeness (QED) is 0.743. The molecule has 1 aromatic carbocycles. The van der Waals surface area contributed by atoms with Crippen molar-refractivity contribution in [3.63, 3.8) is 0 Å². The highest BCUT2D eigenvalue weighted by Gasteiger charge is 2.07. The first-order valence-corrected chi connectivity index (χ1v) is 6.68. The van der Waals surface area contributed by atoms with Gasteiger partial charge in [0, 0.05) is 18.2 Å². The number of hydrogen-bond acceptors (Lipinski definition) is 3. The molecule has 4 heteroatoms. The van der Waals surface area contributed by atoms with Gasteiger partial charge in [-0.25, -0.2) is 0 Å². The van der Waals surface area contributed by atoms with Crippen LogP contribution in [0.5, 0.6) is 5.75 Å². The van der Waals surface area contributed by atoms with E-state index < -0.39 is 0 Å². The van der Waals surface area contributed by atoms with Crippen LogP contribution >= 0.6 is 0 Å². The van der Waals surface area contributed by atoms with Crippen LogP contribution in [0.3, 0.4) is 0 Å². The summed E-state index contributed by atoms with van der Waals surface area (Å²) in [6.45, 7) is 7.10. The molecule has 0 unspecified atom stereocenters. The summed E-state index contributed by atoms with van der Waals surface area (Å²) in [6, 6.07) is 6.31. The Balaban J connectivity index is 2.64. The monoisotopic (exact) mass is 274 g/mol. The summed E-state index contributed by atoms with van der Waals surface area (Å²) in [6.07, 6.45) is 5.08. The van der Waals surface area contributed by atoms with Gasteiger partial charge in [0.05, 0.1) is 6.54 Å². The van der Waals surface area contributed by atoms with Crippen LogP contribution in [0.4, 0.5) is 0 Å². The standard InChI is InChI=1S/C16H22N2O2/c1-5-8-17-16(19)11-20-15-7-6-13(4)9-14(15)10-18-12(2)3/h1,6-7,9,12,18H,8,10-11H2,2-4H3,(H,17,19). The van der Waals surface area contributed by atoms with Gasteiger partial charge >= 0.3 is 0 Å². The van der Waals surface area contributed by atoms with Gasteiger partial charge in [0.25, 0.3) is 5.91 Å². The van der Waals surface area contributed by atoms with Crippen LogP contribution in [0.25, 0.3) is 0 Å². The van der Waals surface area contributed by atoms with Crippen LogP contribution in [0, 0.1) is 19.3 Å². The molecule has 0 bridgehead atoms.